The molecule has 0 aliphatic rings. The summed E-state index contributed by atoms with van der Waals surface area (Å²) in [4.78, 5) is 11.6. The zero-order valence-electron chi connectivity index (χ0n) is 9.92. The van der Waals surface area contributed by atoms with Gasteiger partial charge in [-0.3, -0.25) is 4.79 Å². The average Bonchev–Trinajstić information content (AvgIpc) is 2.97. The Balaban J connectivity index is 1.87. The van der Waals surface area contributed by atoms with Gasteiger partial charge in [0.1, 0.15) is 0 Å². The van der Waals surface area contributed by atoms with Gasteiger partial charge in [0, 0.05) is 19.0 Å². The van der Waals surface area contributed by atoms with E-state index in [-0.39, 0.29) is 18.2 Å². The first-order valence-corrected chi connectivity index (χ1v) is 6.43. The lowest BCUT2D eigenvalue weighted by atomic mass is 9.98. The van der Waals surface area contributed by atoms with Crippen molar-refractivity contribution in [3.63, 3.8) is 0 Å². The molecule has 0 unspecified atom stereocenters. The van der Waals surface area contributed by atoms with Crippen molar-refractivity contribution in [1.82, 2.24) is 10.5 Å². The summed E-state index contributed by atoms with van der Waals surface area (Å²) < 4.78 is 4.72. The number of carbonyl (C=O) groups excluding carboxylic acids is 1. The topological polar surface area (TPSA) is 75.4 Å². The van der Waals surface area contributed by atoms with Crippen LogP contribution in [0.25, 0.3) is 0 Å². The number of carbonyl (C=O) groups is 1. The van der Waals surface area contributed by atoms with Crippen LogP contribution < -0.4 is 5.32 Å². The van der Waals surface area contributed by atoms with Crippen LogP contribution in [0.5, 0.6) is 0 Å². The van der Waals surface area contributed by atoms with Gasteiger partial charge in [-0.1, -0.05) is 5.16 Å². The van der Waals surface area contributed by atoms with E-state index in [1.807, 2.05) is 16.8 Å². The summed E-state index contributed by atoms with van der Waals surface area (Å²) in [7, 11) is 0. The van der Waals surface area contributed by atoms with Gasteiger partial charge in [0.15, 0.2) is 0 Å². The second-order valence-electron chi connectivity index (χ2n) is 4.36. The first-order valence-electron chi connectivity index (χ1n) is 5.49. The highest BCUT2D eigenvalue weighted by Crippen LogP contribution is 2.15. The minimum atomic E-state index is -0.989. The van der Waals surface area contributed by atoms with Gasteiger partial charge in [0.05, 0.1) is 11.8 Å². The number of hydrogen-bond acceptors (Lipinski definition) is 5. The van der Waals surface area contributed by atoms with Crippen LogP contribution in [0, 0.1) is 0 Å². The van der Waals surface area contributed by atoms with E-state index in [0.29, 0.717) is 6.42 Å². The summed E-state index contributed by atoms with van der Waals surface area (Å²) in [6, 6.07) is 3.43. The molecule has 1 atom stereocenters. The minimum Gasteiger partial charge on any atom is -0.388 e. The fourth-order valence-electron chi connectivity index (χ4n) is 1.59. The molecule has 2 aromatic heterocycles. The number of thiophene rings is 1. The van der Waals surface area contributed by atoms with E-state index in [4.69, 9.17) is 4.52 Å². The molecule has 6 heteroatoms. The Morgan fingerprint density at radius 1 is 1.61 bits per heavy atom. The Bertz CT molecular complexity index is 491. The molecule has 0 radical (unpaired) electrons. The smallest absolute Gasteiger partial charge is 0.289 e. The number of aliphatic hydroxyl groups is 1. The molecule has 96 valence electrons. The summed E-state index contributed by atoms with van der Waals surface area (Å²) >= 11 is 1.58. The van der Waals surface area contributed by atoms with Crippen molar-refractivity contribution < 1.29 is 14.4 Å². The highest BCUT2D eigenvalue weighted by Gasteiger charge is 2.23. The molecule has 5 nitrogen and oxygen atoms in total. The SMILES string of the molecule is C[C@@](O)(CNC(=O)c1ccno1)Cc1ccsc1. The zero-order chi connectivity index (χ0) is 13.0. The van der Waals surface area contributed by atoms with Crippen molar-refractivity contribution in [3.8, 4) is 0 Å². The molecule has 0 aliphatic heterocycles. The molecule has 0 aromatic carbocycles. The molecule has 2 N–H and O–H groups in total. The number of aromatic nitrogens is 1. The number of nitrogens with one attached hydrogen (secondary N) is 1. The second kappa shape index (κ2) is 5.32. The lowest BCUT2D eigenvalue weighted by Crippen LogP contribution is -2.42. The van der Waals surface area contributed by atoms with Crippen molar-refractivity contribution in [3.05, 3.63) is 40.4 Å². The van der Waals surface area contributed by atoms with Gasteiger partial charge in [-0.2, -0.15) is 11.3 Å². The Morgan fingerprint density at radius 3 is 3.06 bits per heavy atom. The van der Waals surface area contributed by atoms with Crippen LogP contribution in [-0.4, -0.2) is 28.3 Å². The number of hydrogen-bond donors (Lipinski definition) is 2. The first-order chi connectivity index (χ1) is 8.57. The van der Waals surface area contributed by atoms with Crippen LogP contribution in [0.1, 0.15) is 23.0 Å². The third-order valence-corrected chi connectivity index (χ3v) is 3.19. The fraction of sp³-hybridized carbons (Fsp3) is 0.333. The quantitative estimate of drug-likeness (QED) is 0.859. The lowest BCUT2D eigenvalue weighted by Gasteiger charge is -2.22. The molecule has 0 saturated heterocycles. The van der Waals surface area contributed by atoms with Crippen molar-refractivity contribution in [2.24, 2.45) is 0 Å². The summed E-state index contributed by atoms with van der Waals surface area (Å²) in [5.41, 5.74) is 0.0652. The highest BCUT2D eigenvalue weighted by molar-refractivity contribution is 7.07. The maximum atomic E-state index is 11.6. The summed E-state index contributed by atoms with van der Waals surface area (Å²) in [6.45, 7) is 1.84. The van der Waals surface area contributed by atoms with Gasteiger partial charge < -0.3 is 14.9 Å². The molecule has 0 aliphatic carbocycles. The fourth-order valence-corrected chi connectivity index (χ4v) is 2.25. The van der Waals surface area contributed by atoms with Gasteiger partial charge >= 0.3 is 0 Å². The second-order valence-corrected chi connectivity index (χ2v) is 5.14. The van der Waals surface area contributed by atoms with E-state index in [0.717, 1.165) is 5.56 Å². The van der Waals surface area contributed by atoms with Crippen LogP contribution in [0.15, 0.2) is 33.6 Å². The molecule has 0 saturated carbocycles. The van der Waals surface area contributed by atoms with E-state index in [1.54, 1.807) is 18.3 Å². The van der Waals surface area contributed by atoms with E-state index in [1.165, 1.54) is 12.3 Å². The van der Waals surface area contributed by atoms with Crippen LogP contribution in [0.2, 0.25) is 0 Å². The Labute approximate surface area is 108 Å². The molecule has 18 heavy (non-hydrogen) atoms. The van der Waals surface area contributed by atoms with Gasteiger partial charge in [0.25, 0.3) is 5.91 Å². The van der Waals surface area contributed by atoms with Gasteiger partial charge in [0.2, 0.25) is 5.76 Å². The third kappa shape index (κ3) is 3.41. The normalized spacial score (nSPS) is 14.1. The number of rotatable bonds is 5. The number of amides is 1. The highest BCUT2D eigenvalue weighted by atomic mass is 32.1. The molecular weight excluding hydrogens is 252 g/mol. The van der Waals surface area contributed by atoms with Crippen molar-refractivity contribution in [1.29, 1.82) is 0 Å². The van der Waals surface area contributed by atoms with E-state index in [9.17, 15) is 9.90 Å². The van der Waals surface area contributed by atoms with Crippen LogP contribution in [0.4, 0.5) is 0 Å². The van der Waals surface area contributed by atoms with Gasteiger partial charge in [-0.25, -0.2) is 0 Å². The van der Waals surface area contributed by atoms with Gasteiger partial charge in [-0.05, 0) is 29.3 Å². The van der Waals surface area contributed by atoms with E-state index < -0.39 is 5.60 Å². The Hall–Kier alpha value is -1.66. The van der Waals surface area contributed by atoms with Gasteiger partial charge in [-0.15, -0.1) is 0 Å². The van der Waals surface area contributed by atoms with E-state index in [2.05, 4.69) is 10.5 Å². The van der Waals surface area contributed by atoms with E-state index >= 15 is 0 Å². The largest absolute Gasteiger partial charge is 0.388 e. The monoisotopic (exact) mass is 266 g/mol. The minimum absolute atomic E-state index is 0.140. The first kappa shape index (κ1) is 12.8. The summed E-state index contributed by atoms with van der Waals surface area (Å²) in [5.74, 6) is -0.237. The number of nitrogens with zero attached hydrogens (tertiary/aromatic N) is 1. The van der Waals surface area contributed by atoms with Crippen LogP contribution in [0.3, 0.4) is 0 Å². The van der Waals surface area contributed by atoms with Crippen LogP contribution in [-0.2, 0) is 6.42 Å². The molecule has 0 spiro atoms. The zero-order valence-corrected chi connectivity index (χ0v) is 10.7. The van der Waals surface area contributed by atoms with Crippen molar-refractivity contribution in [2.45, 2.75) is 18.9 Å². The van der Waals surface area contributed by atoms with Crippen LogP contribution >= 0.6 is 11.3 Å². The standard InChI is InChI=1S/C12H14N2O3S/c1-12(16,6-9-3-5-18-7-9)8-13-11(15)10-2-4-14-17-10/h2-5,7,16H,6,8H2,1H3,(H,13,15)/t12-/m0/s1. The third-order valence-electron chi connectivity index (χ3n) is 2.46. The van der Waals surface area contributed by atoms with Crippen molar-refractivity contribution in [2.75, 3.05) is 6.54 Å². The molecule has 2 heterocycles. The predicted octanol–water partition coefficient (Wildman–Crippen LogP) is 1.46. The molecule has 0 bridgehead atoms. The lowest BCUT2D eigenvalue weighted by molar-refractivity contribution is 0.0543. The molecule has 2 rings (SSSR count). The molecular formula is C12H14N2O3S. The van der Waals surface area contributed by atoms with Crippen molar-refractivity contribution >= 4 is 17.2 Å². The molecule has 1 amide bonds. The Morgan fingerprint density at radius 2 is 2.44 bits per heavy atom. The molecule has 0 fully saturated rings. The maximum Gasteiger partial charge on any atom is 0.289 e. The Kier molecular flexibility index (Phi) is 3.78. The average molecular weight is 266 g/mol. The maximum absolute atomic E-state index is 11.6. The summed E-state index contributed by atoms with van der Waals surface area (Å²) in [5, 5.41) is 20.2. The molecule has 2 aromatic rings. The predicted molar refractivity (Wildman–Crippen MR) is 67.5 cm³/mol. The summed E-state index contributed by atoms with van der Waals surface area (Å²) in [6.07, 6.45) is 1.89.